The Morgan fingerprint density at radius 1 is 0.759 bits per heavy atom. The molecule has 4 aliphatic rings. The molecular weight excluding hydrogens is 753 g/mol. The zero-order chi connectivity index (χ0) is 40.3. The number of amides is 4. The van der Waals surface area contributed by atoms with Crippen LogP contribution < -0.4 is 10.6 Å². The lowest BCUT2D eigenvalue weighted by Gasteiger charge is -2.28. The molecule has 14 nitrogen and oxygen atoms in total. The Bertz CT molecular complexity index is 2400. The largest absolute Gasteiger partial charge is 0.453 e. The first-order valence-electron chi connectivity index (χ1n) is 20.4. The van der Waals surface area contributed by atoms with E-state index in [-0.39, 0.29) is 35.7 Å². The molecule has 0 spiro atoms. The maximum atomic E-state index is 13.9. The molecule has 0 bridgehead atoms. The second kappa shape index (κ2) is 14.9. The molecule has 5 aromatic rings. The third-order valence-electron chi connectivity index (χ3n) is 12.4. The molecule has 2 saturated heterocycles. The predicted octanol–water partition coefficient (Wildman–Crippen LogP) is 6.84. The van der Waals surface area contributed by atoms with E-state index in [0.29, 0.717) is 12.7 Å². The lowest BCUT2D eigenvalue weighted by Crippen LogP contribution is -2.50. The number of carbonyl (C=O) groups is 4. The van der Waals surface area contributed by atoms with E-state index in [4.69, 9.17) is 19.4 Å². The molecule has 3 aromatic carbocycles. The molecule has 2 aliphatic heterocycles. The summed E-state index contributed by atoms with van der Waals surface area (Å²) in [6.45, 7) is 5.21. The number of carbonyl (C=O) groups excluding carboxylic acids is 4. The highest BCUT2D eigenvalue weighted by atomic mass is 28.3. The summed E-state index contributed by atoms with van der Waals surface area (Å²) in [6, 6.07) is 18.3. The van der Waals surface area contributed by atoms with E-state index in [1.165, 1.54) is 14.2 Å². The molecule has 2 saturated carbocycles. The van der Waals surface area contributed by atoms with Gasteiger partial charge in [0.25, 0.3) is 0 Å². The van der Waals surface area contributed by atoms with Gasteiger partial charge in [0.05, 0.1) is 57.3 Å². The van der Waals surface area contributed by atoms with Gasteiger partial charge < -0.3 is 39.9 Å². The van der Waals surface area contributed by atoms with Crippen LogP contribution in [0.3, 0.4) is 0 Å². The van der Waals surface area contributed by atoms with Gasteiger partial charge in [0.1, 0.15) is 23.7 Å². The molecule has 2 aromatic heterocycles. The Labute approximate surface area is 337 Å². The summed E-state index contributed by atoms with van der Waals surface area (Å²) in [5.41, 5.74) is 5.81. The van der Waals surface area contributed by atoms with E-state index in [1.54, 1.807) is 0 Å². The van der Waals surface area contributed by atoms with E-state index in [2.05, 4.69) is 82.2 Å². The Morgan fingerprint density at radius 3 is 2.05 bits per heavy atom. The van der Waals surface area contributed by atoms with E-state index in [1.807, 2.05) is 22.1 Å². The SMILES string of the molecule is COC(=O)N[C@H](C(=O)N1C[Si](C)(C)C[C@H]1c1ncc(-c2ccc(-c3ccc4c(ccc5[nH]c([C@H]6CCCN6C(=O)[C@H](NC(=O)OC)C6CC6)nc54)c3)cc2)[nH]1)C1CC1. The standard InChI is InChI=1S/C43H50N8O6Si/c1-56-42(54)48-35(26-11-12-26)40(52)50-19-5-6-33(50)39-45-31-18-16-29-20-28(15-17-30(29)37(31)47-39)24-7-9-25(10-8-24)32-21-44-38(46-32)34-22-58(3,4)23-51(34)41(53)36(27-13-14-27)49-43(55)57-2/h7-10,15-18,20-21,26-27,33-36H,5-6,11-14,19,22-23H2,1-4H3,(H,44,46)(H,45,47)(H,48,54)(H,49,55)/t33-,34+,35-,36+/m1/s1. The van der Waals surface area contributed by atoms with Crippen LogP contribution in [0.4, 0.5) is 9.59 Å². The van der Waals surface area contributed by atoms with Crippen LogP contribution in [0, 0.1) is 11.8 Å². The van der Waals surface area contributed by atoms with Gasteiger partial charge in [-0.15, -0.1) is 0 Å². The summed E-state index contributed by atoms with van der Waals surface area (Å²) in [4.78, 5) is 72.5. The molecule has 4 N–H and O–H groups in total. The Morgan fingerprint density at radius 2 is 1.40 bits per heavy atom. The number of ether oxygens (including phenoxy) is 2. The number of likely N-dealkylation sites (tertiary alicyclic amines) is 1. The fourth-order valence-electron chi connectivity index (χ4n) is 9.06. The van der Waals surface area contributed by atoms with Crippen molar-refractivity contribution in [1.82, 2.24) is 40.4 Å². The minimum absolute atomic E-state index is 0.0530. The molecule has 302 valence electrons. The number of methoxy groups -OCH3 is 2. The second-order valence-corrected chi connectivity index (χ2v) is 22.3. The van der Waals surface area contributed by atoms with Gasteiger partial charge in [0, 0.05) is 18.1 Å². The van der Waals surface area contributed by atoms with Crippen LogP contribution in [0.5, 0.6) is 0 Å². The van der Waals surface area contributed by atoms with Crippen LogP contribution in [0.25, 0.3) is 44.2 Å². The van der Waals surface area contributed by atoms with E-state index in [0.717, 1.165) is 100 Å². The highest BCUT2D eigenvalue weighted by molar-refractivity contribution is 6.78. The van der Waals surface area contributed by atoms with E-state index in [9.17, 15) is 19.2 Å². The number of rotatable bonds is 10. The smallest absolute Gasteiger partial charge is 0.407 e. The Hall–Kier alpha value is -5.70. The van der Waals surface area contributed by atoms with Crippen molar-refractivity contribution < 1.29 is 28.7 Å². The highest BCUT2D eigenvalue weighted by Gasteiger charge is 2.48. The van der Waals surface area contributed by atoms with Crippen molar-refractivity contribution in [3.63, 3.8) is 0 Å². The number of nitrogens with one attached hydrogen (secondary N) is 4. The maximum absolute atomic E-state index is 13.9. The first-order valence-corrected chi connectivity index (χ1v) is 23.8. The van der Waals surface area contributed by atoms with Gasteiger partial charge in [-0.1, -0.05) is 55.6 Å². The van der Waals surface area contributed by atoms with E-state index < -0.39 is 32.3 Å². The number of benzene rings is 3. The Kier molecular flexibility index (Phi) is 9.73. The van der Waals surface area contributed by atoms with Gasteiger partial charge in [-0.2, -0.15) is 0 Å². The van der Waals surface area contributed by atoms with Crippen LogP contribution in [0.2, 0.25) is 19.1 Å². The van der Waals surface area contributed by atoms with Gasteiger partial charge >= 0.3 is 12.2 Å². The van der Waals surface area contributed by atoms with Crippen molar-refractivity contribution in [2.45, 2.75) is 81.8 Å². The molecule has 4 heterocycles. The minimum Gasteiger partial charge on any atom is -0.453 e. The lowest BCUT2D eigenvalue weighted by atomic mass is 9.99. The van der Waals surface area contributed by atoms with Crippen molar-refractivity contribution >= 4 is 53.9 Å². The van der Waals surface area contributed by atoms with Crippen molar-refractivity contribution in [3.8, 4) is 22.4 Å². The summed E-state index contributed by atoms with van der Waals surface area (Å²) >= 11 is 0. The number of hydrogen-bond acceptors (Lipinski definition) is 8. The number of nitrogens with zero attached hydrogens (tertiary/aromatic N) is 4. The first-order chi connectivity index (χ1) is 28.0. The van der Waals surface area contributed by atoms with Gasteiger partial charge in [0.2, 0.25) is 11.8 Å². The lowest BCUT2D eigenvalue weighted by molar-refractivity contribution is -0.135. The molecular formula is C43H50N8O6Si. The molecule has 4 atom stereocenters. The molecule has 2 aliphatic carbocycles. The number of aromatic nitrogens is 4. The molecule has 15 heteroatoms. The molecule has 4 amide bonds. The first kappa shape index (κ1) is 37.9. The number of hydrogen-bond donors (Lipinski definition) is 4. The number of fused-ring (bicyclic) bond motifs is 3. The minimum atomic E-state index is -1.73. The van der Waals surface area contributed by atoms with Crippen molar-refractivity contribution in [2.24, 2.45) is 11.8 Å². The van der Waals surface area contributed by atoms with Gasteiger partial charge in [-0.25, -0.2) is 19.6 Å². The summed E-state index contributed by atoms with van der Waals surface area (Å²) in [5.74, 6) is 1.69. The summed E-state index contributed by atoms with van der Waals surface area (Å²) in [7, 11) is 0.910. The number of imidazole rings is 2. The summed E-state index contributed by atoms with van der Waals surface area (Å²) in [6.07, 6.45) is 6.72. The molecule has 58 heavy (non-hydrogen) atoms. The zero-order valence-corrected chi connectivity index (χ0v) is 34.3. The zero-order valence-electron chi connectivity index (χ0n) is 33.3. The number of alkyl carbamates (subject to hydrolysis) is 2. The summed E-state index contributed by atoms with van der Waals surface area (Å²) in [5, 5.41) is 7.67. The normalized spacial score (nSPS) is 21.2. The van der Waals surface area contributed by atoms with Crippen LogP contribution in [-0.2, 0) is 19.1 Å². The molecule has 9 rings (SSSR count). The second-order valence-electron chi connectivity index (χ2n) is 17.2. The van der Waals surface area contributed by atoms with Crippen LogP contribution in [0.1, 0.15) is 62.3 Å². The van der Waals surface area contributed by atoms with E-state index >= 15 is 0 Å². The summed E-state index contributed by atoms with van der Waals surface area (Å²) < 4.78 is 9.65. The monoisotopic (exact) mass is 802 g/mol. The number of H-pyrrole nitrogens is 2. The highest BCUT2D eigenvalue weighted by Crippen LogP contribution is 2.42. The topological polar surface area (TPSA) is 175 Å². The Balaban J connectivity index is 0.916. The molecule has 0 radical (unpaired) electrons. The van der Waals surface area contributed by atoms with Crippen molar-refractivity contribution in [3.05, 3.63) is 72.4 Å². The fourth-order valence-corrected chi connectivity index (χ4v) is 12.0. The molecule has 4 fully saturated rings. The average Bonchev–Trinajstić information content (AvgIpc) is 4.04. The maximum Gasteiger partial charge on any atom is 0.407 e. The number of aromatic amines is 2. The van der Waals surface area contributed by atoms with Gasteiger partial charge in [-0.05, 0) is 90.6 Å². The third-order valence-corrected chi connectivity index (χ3v) is 15.1. The fraction of sp³-hybridized carbons (Fsp3) is 0.442. The van der Waals surface area contributed by atoms with Crippen molar-refractivity contribution in [1.29, 1.82) is 0 Å². The van der Waals surface area contributed by atoms with Gasteiger partial charge in [0.15, 0.2) is 0 Å². The van der Waals surface area contributed by atoms with Crippen LogP contribution in [-0.4, -0.2) is 101 Å². The van der Waals surface area contributed by atoms with Gasteiger partial charge in [-0.3, -0.25) is 9.59 Å². The average molecular weight is 803 g/mol. The molecule has 0 unspecified atom stereocenters. The quantitative estimate of drug-likeness (QED) is 0.111. The third kappa shape index (κ3) is 7.31. The van der Waals surface area contributed by atoms with Crippen LogP contribution >= 0.6 is 0 Å². The van der Waals surface area contributed by atoms with Crippen molar-refractivity contribution in [2.75, 3.05) is 26.9 Å². The predicted molar refractivity (Wildman–Crippen MR) is 221 cm³/mol. The van der Waals surface area contributed by atoms with Crippen LogP contribution in [0.15, 0.2) is 60.8 Å².